The summed E-state index contributed by atoms with van der Waals surface area (Å²) in [4.78, 5) is 42.6. The normalized spacial score (nSPS) is 15.0. The number of thioether (sulfide) groups is 1. The van der Waals surface area contributed by atoms with Crippen LogP contribution >= 0.6 is 39.0 Å². The molecule has 3 rings (SSSR count). The molecule has 2 heterocycles. The predicted octanol–water partition coefficient (Wildman–Crippen LogP) is 1.66. The zero-order valence-corrected chi connectivity index (χ0v) is 19.0. The molecule has 1 aliphatic rings. The van der Waals surface area contributed by atoms with E-state index < -0.39 is 5.97 Å². The van der Waals surface area contributed by atoms with E-state index in [2.05, 4.69) is 20.9 Å². The van der Waals surface area contributed by atoms with Crippen molar-refractivity contribution in [2.45, 2.75) is 6.54 Å². The van der Waals surface area contributed by atoms with Crippen LogP contribution in [-0.2, 0) is 30.4 Å². The van der Waals surface area contributed by atoms with Crippen molar-refractivity contribution in [3.63, 3.8) is 0 Å². The number of esters is 1. The Hall–Kier alpha value is -1.69. The molecule has 0 atom stereocenters. The maximum Gasteiger partial charge on any atom is 0.325 e. The van der Waals surface area contributed by atoms with Crippen molar-refractivity contribution in [1.29, 1.82) is 0 Å². The van der Waals surface area contributed by atoms with E-state index in [1.54, 1.807) is 9.47 Å². The first-order valence-corrected chi connectivity index (χ1v) is 11.6. The molecule has 1 fully saturated rings. The van der Waals surface area contributed by atoms with Crippen molar-refractivity contribution in [3.8, 4) is 0 Å². The number of halogens is 1. The number of morpholine rings is 1. The largest absolute Gasteiger partial charge is 0.468 e. The summed E-state index contributed by atoms with van der Waals surface area (Å²) in [5, 5.41) is 0. The number of benzene rings is 1. The van der Waals surface area contributed by atoms with Crippen LogP contribution in [0.4, 0.5) is 0 Å². The molecule has 0 bridgehead atoms. The minimum Gasteiger partial charge on any atom is -0.468 e. The van der Waals surface area contributed by atoms with Gasteiger partial charge in [-0.15, -0.1) is 11.8 Å². The maximum absolute atomic E-state index is 12.4. The molecule has 8 nitrogen and oxygen atoms in total. The minimum absolute atomic E-state index is 0.00133. The number of ether oxygens (including phenoxy) is 2. The number of aromatic nitrogens is 1. The summed E-state index contributed by atoms with van der Waals surface area (Å²) >= 11 is 5.98. The number of fused-ring (bicyclic) bond motifs is 1. The van der Waals surface area contributed by atoms with Crippen LogP contribution in [0.25, 0.3) is 10.2 Å². The van der Waals surface area contributed by atoms with E-state index in [1.807, 2.05) is 18.2 Å². The van der Waals surface area contributed by atoms with Gasteiger partial charge in [0.1, 0.15) is 6.54 Å². The number of carbonyl (C=O) groups excluding carboxylic acids is 3. The summed E-state index contributed by atoms with van der Waals surface area (Å²) in [5.41, 5.74) is 0.797. The van der Waals surface area contributed by atoms with Gasteiger partial charge in [-0.3, -0.25) is 14.4 Å². The smallest absolute Gasteiger partial charge is 0.325 e. The van der Waals surface area contributed by atoms with Crippen LogP contribution < -0.4 is 4.80 Å². The lowest BCUT2D eigenvalue weighted by Crippen LogP contribution is -2.41. The average molecular weight is 502 g/mol. The molecule has 11 heteroatoms. The quantitative estimate of drug-likeness (QED) is 0.559. The van der Waals surface area contributed by atoms with Gasteiger partial charge in [0.05, 0.1) is 42.0 Å². The third kappa shape index (κ3) is 5.91. The van der Waals surface area contributed by atoms with Gasteiger partial charge in [-0.2, -0.15) is 4.99 Å². The molecule has 0 N–H and O–H groups in total. The topological polar surface area (TPSA) is 90.2 Å². The zero-order chi connectivity index (χ0) is 20.8. The van der Waals surface area contributed by atoms with E-state index in [0.717, 1.165) is 14.7 Å². The van der Waals surface area contributed by atoms with Crippen LogP contribution in [0.15, 0.2) is 27.7 Å². The molecule has 1 aromatic carbocycles. The first-order valence-electron chi connectivity index (χ1n) is 8.84. The lowest BCUT2D eigenvalue weighted by molar-refractivity contribution is -0.141. The van der Waals surface area contributed by atoms with Gasteiger partial charge in [-0.05, 0) is 18.2 Å². The van der Waals surface area contributed by atoms with Crippen LogP contribution in [-0.4, -0.2) is 72.2 Å². The van der Waals surface area contributed by atoms with E-state index in [4.69, 9.17) is 9.47 Å². The number of amides is 2. The third-order valence-electron chi connectivity index (χ3n) is 4.19. The number of thiazole rings is 1. The molecule has 0 unspecified atom stereocenters. The Morgan fingerprint density at radius 2 is 2.03 bits per heavy atom. The highest BCUT2D eigenvalue weighted by Crippen LogP contribution is 2.22. The SMILES string of the molecule is COC(=O)Cn1c(=NC(=O)CSCC(=O)N2CCOCC2)sc2cc(Br)ccc21. The molecule has 2 aromatic rings. The standard InChI is InChI=1S/C18H20BrN3O5S2/c1-26-17(25)9-22-13-3-2-12(19)8-14(13)29-18(22)20-15(23)10-28-11-16(24)21-4-6-27-7-5-21/h2-3,8H,4-7,9-11H2,1H3. The van der Waals surface area contributed by atoms with Gasteiger partial charge >= 0.3 is 5.97 Å². The first kappa shape index (κ1) is 22.0. The van der Waals surface area contributed by atoms with Gasteiger partial charge in [-0.1, -0.05) is 27.3 Å². The van der Waals surface area contributed by atoms with Gasteiger partial charge in [0.2, 0.25) is 5.91 Å². The second kappa shape index (κ2) is 10.4. The molecule has 1 aromatic heterocycles. The van der Waals surface area contributed by atoms with Crippen molar-refractivity contribution < 1.29 is 23.9 Å². The second-order valence-electron chi connectivity index (χ2n) is 6.15. The summed E-state index contributed by atoms with van der Waals surface area (Å²) in [6.45, 7) is 2.23. The summed E-state index contributed by atoms with van der Waals surface area (Å²) < 4.78 is 13.4. The van der Waals surface area contributed by atoms with E-state index in [-0.39, 0.29) is 29.9 Å². The molecular weight excluding hydrogens is 482 g/mol. The highest BCUT2D eigenvalue weighted by atomic mass is 79.9. The average Bonchev–Trinajstić information content (AvgIpc) is 3.04. The van der Waals surface area contributed by atoms with Crippen molar-refractivity contribution in [2.75, 3.05) is 44.9 Å². The van der Waals surface area contributed by atoms with E-state index in [0.29, 0.717) is 31.1 Å². The highest BCUT2D eigenvalue weighted by Gasteiger charge is 2.17. The van der Waals surface area contributed by atoms with Crippen molar-refractivity contribution in [1.82, 2.24) is 9.47 Å². The summed E-state index contributed by atoms with van der Waals surface area (Å²) in [7, 11) is 1.32. The Balaban J connectivity index is 1.70. The Labute approximate surface area is 184 Å². The molecule has 0 spiro atoms. The van der Waals surface area contributed by atoms with Gasteiger partial charge in [0, 0.05) is 17.6 Å². The maximum atomic E-state index is 12.4. The fraction of sp³-hybridized carbons (Fsp3) is 0.444. The van der Waals surface area contributed by atoms with Crippen LogP contribution in [0, 0.1) is 0 Å². The van der Waals surface area contributed by atoms with E-state index >= 15 is 0 Å². The molecule has 1 saturated heterocycles. The van der Waals surface area contributed by atoms with Crippen LogP contribution in [0.3, 0.4) is 0 Å². The number of nitrogens with zero attached hydrogens (tertiary/aromatic N) is 3. The van der Waals surface area contributed by atoms with Gasteiger partial charge in [-0.25, -0.2) is 0 Å². The fourth-order valence-corrected chi connectivity index (χ4v) is 5.04. The van der Waals surface area contributed by atoms with Crippen molar-refractivity contribution >= 4 is 67.0 Å². The van der Waals surface area contributed by atoms with Crippen LogP contribution in [0.2, 0.25) is 0 Å². The first-order chi connectivity index (χ1) is 14.0. The lowest BCUT2D eigenvalue weighted by atomic mass is 10.3. The number of carbonyl (C=O) groups is 3. The Bertz CT molecular complexity index is 982. The molecular formula is C18H20BrN3O5S2. The van der Waals surface area contributed by atoms with Crippen molar-refractivity contribution in [2.24, 2.45) is 4.99 Å². The minimum atomic E-state index is -0.424. The lowest BCUT2D eigenvalue weighted by Gasteiger charge is -2.26. The van der Waals surface area contributed by atoms with Crippen molar-refractivity contribution in [3.05, 3.63) is 27.5 Å². The molecule has 156 valence electrons. The Morgan fingerprint density at radius 1 is 1.28 bits per heavy atom. The Kier molecular flexibility index (Phi) is 7.87. The molecule has 1 aliphatic heterocycles. The third-order valence-corrected chi connectivity index (χ3v) is 6.63. The molecule has 0 radical (unpaired) electrons. The number of hydrogen-bond donors (Lipinski definition) is 0. The predicted molar refractivity (Wildman–Crippen MR) is 115 cm³/mol. The molecule has 2 amide bonds. The molecule has 29 heavy (non-hydrogen) atoms. The van der Waals surface area contributed by atoms with E-state index in [9.17, 15) is 14.4 Å². The van der Waals surface area contributed by atoms with Gasteiger partial charge in [0.15, 0.2) is 4.80 Å². The number of rotatable bonds is 6. The molecule has 0 aliphatic carbocycles. The summed E-state index contributed by atoms with van der Waals surface area (Å²) in [6.07, 6.45) is 0. The second-order valence-corrected chi connectivity index (χ2v) is 9.06. The number of hydrogen-bond acceptors (Lipinski definition) is 7. The highest BCUT2D eigenvalue weighted by molar-refractivity contribution is 9.10. The van der Waals surface area contributed by atoms with Crippen LogP contribution in [0.1, 0.15) is 0 Å². The Morgan fingerprint density at radius 3 is 2.76 bits per heavy atom. The number of methoxy groups -OCH3 is 1. The fourth-order valence-electron chi connectivity index (χ4n) is 2.75. The molecule has 0 saturated carbocycles. The monoisotopic (exact) mass is 501 g/mol. The zero-order valence-electron chi connectivity index (χ0n) is 15.8. The van der Waals surface area contributed by atoms with Crippen LogP contribution in [0.5, 0.6) is 0 Å². The van der Waals surface area contributed by atoms with Gasteiger partial charge < -0.3 is 18.9 Å². The summed E-state index contributed by atoms with van der Waals surface area (Å²) in [5.74, 6) is -0.464. The van der Waals surface area contributed by atoms with E-state index in [1.165, 1.54) is 30.2 Å². The summed E-state index contributed by atoms with van der Waals surface area (Å²) in [6, 6.07) is 5.63. The van der Waals surface area contributed by atoms with Gasteiger partial charge in [0.25, 0.3) is 5.91 Å².